The van der Waals surface area contributed by atoms with Crippen LogP contribution in [0.5, 0.6) is 11.5 Å². The largest absolute Gasteiger partial charge is 0.497 e. The van der Waals surface area contributed by atoms with Crippen LogP contribution >= 0.6 is 11.3 Å². The number of carbonyl (C=O) groups excluding carboxylic acids is 1. The van der Waals surface area contributed by atoms with Crippen LogP contribution in [-0.2, 0) is 0 Å². The maximum atomic E-state index is 12.3. The summed E-state index contributed by atoms with van der Waals surface area (Å²) in [5.41, 5.74) is 2.96. The van der Waals surface area contributed by atoms with Gasteiger partial charge < -0.3 is 14.8 Å². The zero-order valence-corrected chi connectivity index (χ0v) is 13.9. The number of thiophene rings is 1. The van der Waals surface area contributed by atoms with E-state index in [2.05, 4.69) is 15.5 Å². The minimum atomic E-state index is -0.339. The van der Waals surface area contributed by atoms with Crippen LogP contribution in [0.3, 0.4) is 0 Å². The van der Waals surface area contributed by atoms with E-state index in [1.54, 1.807) is 25.6 Å². The number of nitrogens with zero attached hydrogens (tertiary/aromatic N) is 1. The van der Waals surface area contributed by atoms with E-state index in [0.29, 0.717) is 17.2 Å². The maximum Gasteiger partial charge on any atom is 0.272 e. The minimum Gasteiger partial charge on any atom is -0.497 e. The lowest BCUT2D eigenvalue weighted by Gasteiger charge is -2.17. The fraction of sp³-hybridized carbons (Fsp3) is 0.176. The van der Waals surface area contributed by atoms with E-state index in [4.69, 9.17) is 9.47 Å². The van der Waals surface area contributed by atoms with E-state index in [-0.39, 0.29) is 11.9 Å². The van der Waals surface area contributed by atoms with Crippen molar-refractivity contribution >= 4 is 17.2 Å². The van der Waals surface area contributed by atoms with Crippen molar-refractivity contribution in [3.05, 3.63) is 52.5 Å². The Labute approximate surface area is 142 Å². The Balaban J connectivity index is 1.89. The Kier molecular flexibility index (Phi) is 3.50. The van der Waals surface area contributed by atoms with Crippen LogP contribution in [0.2, 0.25) is 0 Å². The molecule has 0 radical (unpaired) electrons. The lowest BCUT2D eigenvalue weighted by Crippen LogP contribution is -2.21. The molecular weight excluding hydrogens is 326 g/mol. The fourth-order valence-corrected chi connectivity index (χ4v) is 3.72. The van der Waals surface area contributed by atoms with Gasteiger partial charge in [0.25, 0.3) is 5.91 Å². The van der Waals surface area contributed by atoms with Crippen molar-refractivity contribution in [2.24, 2.45) is 0 Å². The molecule has 7 heteroatoms. The predicted octanol–water partition coefficient (Wildman–Crippen LogP) is 2.99. The van der Waals surface area contributed by atoms with Crippen molar-refractivity contribution in [1.82, 2.24) is 15.5 Å². The van der Waals surface area contributed by atoms with E-state index in [1.165, 1.54) is 0 Å². The van der Waals surface area contributed by atoms with Crippen LogP contribution < -0.4 is 14.8 Å². The number of aromatic amines is 1. The van der Waals surface area contributed by atoms with Crippen molar-refractivity contribution in [3.63, 3.8) is 0 Å². The Hall–Kier alpha value is -2.80. The highest BCUT2D eigenvalue weighted by atomic mass is 32.1. The standard InChI is InChI=1S/C17H15N3O3S/c1-22-9-5-6-11(23-2)10(8-9)14-13-15(12-4-3-7-24-12)19-20-16(13)17(21)18-14/h3-8,14H,1-2H3,(H,18,21)(H,19,20)/t14-/m0/s1. The maximum absolute atomic E-state index is 12.3. The predicted molar refractivity (Wildman–Crippen MR) is 90.8 cm³/mol. The highest BCUT2D eigenvalue weighted by molar-refractivity contribution is 7.13. The van der Waals surface area contributed by atoms with Gasteiger partial charge in [-0.3, -0.25) is 9.89 Å². The topological polar surface area (TPSA) is 76.2 Å². The molecule has 0 aliphatic carbocycles. The summed E-state index contributed by atoms with van der Waals surface area (Å²) in [5.74, 6) is 1.20. The van der Waals surface area contributed by atoms with Crippen molar-refractivity contribution in [2.75, 3.05) is 14.2 Å². The summed E-state index contributed by atoms with van der Waals surface area (Å²) in [7, 11) is 3.22. The molecule has 3 heterocycles. The molecule has 1 aliphatic heterocycles. The molecule has 0 saturated carbocycles. The first kappa shape index (κ1) is 14.8. The molecule has 122 valence electrons. The summed E-state index contributed by atoms with van der Waals surface area (Å²) in [6, 6.07) is 9.18. The highest BCUT2D eigenvalue weighted by Gasteiger charge is 2.37. The van der Waals surface area contributed by atoms with Gasteiger partial charge in [-0.25, -0.2) is 0 Å². The molecule has 6 nitrogen and oxygen atoms in total. The number of H-pyrrole nitrogens is 1. The Bertz CT molecular complexity index is 902. The van der Waals surface area contributed by atoms with Gasteiger partial charge in [-0.15, -0.1) is 11.3 Å². The first-order valence-corrected chi connectivity index (χ1v) is 8.25. The minimum absolute atomic E-state index is 0.195. The smallest absolute Gasteiger partial charge is 0.272 e. The third kappa shape index (κ3) is 2.16. The fourth-order valence-electron chi connectivity index (χ4n) is 2.98. The highest BCUT2D eigenvalue weighted by Crippen LogP contribution is 2.42. The molecule has 4 rings (SSSR count). The van der Waals surface area contributed by atoms with Gasteiger partial charge in [0, 0.05) is 11.1 Å². The van der Waals surface area contributed by atoms with Crippen molar-refractivity contribution in [1.29, 1.82) is 0 Å². The lowest BCUT2D eigenvalue weighted by molar-refractivity contribution is 0.0955. The molecule has 0 fully saturated rings. The third-order valence-electron chi connectivity index (χ3n) is 4.10. The molecule has 24 heavy (non-hydrogen) atoms. The number of hydrogen-bond donors (Lipinski definition) is 2. The lowest BCUT2D eigenvalue weighted by atomic mass is 9.98. The molecule has 3 aromatic rings. The average Bonchev–Trinajstić information content (AvgIpc) is 3.32. The number of carbonyl (C=O) groups is 1. The monoisotopic (exact) mass is 341 g/mol. The molecule has 1 amide bonds. The Morgan fingerprint density at radius 1 is 1.21 bits per heavy atom. The average molecular weight is 341 g/mol. The van der Waals surface area contributed by atoms with E-state index in [1.807, 2.05) is 35.7 Å². The number of nitrogens with one attached hydrogen (secondary N) is 2. The van der Waals surface area contributed by atoms with E-state index < -0.39 is 0 Å². The number of ether oxygens (including phenoxy) is 2. The van der Waals surface area contributed by atoms with Gasteiger partial charge in [-0.05, 0) is 29.6 Å². The normalized spacial score (nSPS) is 15.9. The summed E-state index contributed by atoms with van der Waals surface area (Å²) >= 11 is 1.60. The van der Waals surface area contributed by atoms with Crippen LogP contribution in [-0.4, -0.2) is 30.3 Å². The van der Waals surface area contributed by atoms with Crippen molar-refractivity contribution in [3.8, 4) is 22.1 Å². The number of rotatable bonds is 4. The van der Waals surface area contributed by atoms with Gasteiger partial charge in [0.15, 0.2) is 5.69 Å². The first-order chi connectivity index (χ1) is 11.7. The number of hydrogen-bond acceptors (Lipinski definition) is 5. The van der Waals surface area contributed by atoms with Crippen LogP contribution in [0.15, 0.2) is 35.7 Å². The van der Waals surface area contributed by atoms with Crippen LogP contribution in [0.25, 0.3) is 10.6 Å². The number of aromatic nitrogens is 2. The molecule has 0 saturated heterocycles. The molecule has 2 N–H and O–H groups in total. The number of benzene rings is 1. The third-order valence-corrected chi connectivity index (χ3v) is 4.99. The van der Waals surface area contributed by atoms with Crippen LogP contribution in [0.4, 0.5) is 0 Å². The molecule has 1 atom stereocenters. The Morgan fingerprint density at radius 2 is 2.08 bits per heavy atom. The number of fused-ring (bicyclic) bond motifs is 1. The van der Waals surface area contributed by atoms with E-state index >= 15 is 0 Å². The summed E-state index contributed by atoms with van der Waals surface area (Å²) in [5, 5.41) is 12.2. The summed E-state index contributed by atoms with van der Waals surface area (Å²) < 4.78 is 10.8. The zero-order valence-electron chi connectivity index (χ0n) is 13.1. The molecule has 0 spiro atoms. The Morgan fingerprint density at radius 3 is 2.79 bits per heavy atom. The van der Waals surface area contributed by atoms with Gasteiger partial charge in [-0.2, -0.15) is 5.10 Å². The number of methoxy groups -OCH3 is 2. The molecule has 0 bridgehead atoms. The molecular formula is C17H15N3O3S. The molecule has 1 aliphatic rings. The summed E-state index contributed by atoms with van der Waals surface area (Å²) in [6.45, 7) is 0. The van der Waals surface area contributed by atoms with Crippen LogP contribution in [0.1, 0.15) is 27.7 Å². The second-order valence-corrected chi connectivity index (χ2v) is 6.30. The van der Waals surface area contributed by atoms with Crippen molar-refractivity contribution < 1.29 is 14.3 Å². The van der Waals surface area contributed by atoms with Crippen molar-refractivity contribution in [2.45, 2.75) is 6.04 Å². The molecule has 2 aromatic heterocycles. The first-order valence-electron chi connectivity index (χ1n) is 7.38. The second kappa shape index (κ2) is 5.68. The van der Waals surface area contributed by atoms with E-state index in [9.17, 15) is 4.79 Å². The summed E-state index contributed by atoms with van der Waals surface area (Å²) in [6.07, 6.45) is 0. The van der Waals surface area contributed by atoms with Gasteiger partial charge in [-0.1, -0.05) is 6.07 Å². The van der Waals surface area contributed by atoms with Gasteiger partial charge in [0.1, 0.15) is 11.5 Å². The van der Waals surface area contributed by atoms with Gasteiger partial charge in [0.2, 0.25) is 0 Å². The zero-order chi connectivity index (χ0) is 16.7. The van der Waals surface area contributed by atoms with E-state index in [0.717, 1.165) is 21.7 Å². The number of amides is 1. The molecule has 1 aromatic carbocycles. The van der Waals surface area contributed by atoms with Gasteiger partial charge in [0.05, 0.1) is 30.8 Å². The quantitative estimate of drug-likeness (QED) is 0.765. The second-order valence-electron chi connectivity index (χ2n) is 5.35. The SMILES string of the molecule is COc1ccc(OC)c([C@@H]2NC(=O)c3n[nH]c(-c4cccs4)c32)c1. The van der Waals surface area contributed by atoms with Crippen LogP contribution in [0, 0.1) is 0 Å². The van der Waals surface area contributed by atoms with Gasteiger partial charge >= 0.3 is 0 Å². The molecule has 0 unspecified atom stereocenters. The summed E-state index contributed by atoms with van der Waals surface area (Å²) in [4.78, 5) is 13.4.